The highest BCUT2D eigenvalue weighted by Gasteiger charge is 2.42. The summed E-state index contributed by atoms with van der Waals surface area (Å²) in [6, 6.07) is 30.3. The molecule has 0 spiro atoms. The summed E-state index contributed by atoms with van der Waals surface area (Å²) in [5.41, 5.74) is 2.15. The summed E-state index contributed by atoms with van der Waals surface area (Å²) < 4.78 is 12.0. The summed E-state index contributed by atoms with van der Waals surface area (Å²) in [6.07, 6.45) is 0.384. The summed E-state index contributed by atoms with van der Waals surface area (Å²) >= 11 is 0. The standard InChI is InChI=1S/C23H20O3/c24-21-16-17-22(25-21)26-23(18-10-4-1-5-11-18,19-12-6-2-7-13-19)20-14-8-3-9-15-20/h1-15,22H,16-17H2/t22-/m1/s1. The number of cyclic esters (lactones) is 1. The van der Waals surface area contributed by atoms with E-state index in [1.165, 1.54) is 0 Å². The van der Waals surface area contributed by atoms with Crippen LogP contribution in [0.25, 0.3) is 0 Å². The average molecular weight is 344 g/mol. The van der Waals surface area contributed by atoms with Crippen LogP contribution in [-0.2, 0) is 19.9 Å². The van der Waals surface area contributed by atoms with Gasteiger partial charge in [0, 0.05) is 6.42 Å². The van der Waals surface area contributed by atoms with Crippen molar-refractivity contribution in [2.24, 2.45) is 0 Å². The molecule has 1 saturated heterocycles. The van der Waals surface area contributed by atoms with Gasteiger partial charge in [-0.2, -0.15) is 0 Å². The van der Waals surface area contributed by atoms with E-state index in [2.05, 4.69) is 36.4 Å². The van der Waals surface area contributed by atoms with Gasteiger partial charge in [-0.15, -0.1) is 0 Å². The second-order valence-electron chi connectivity index (χ2n) is 6.36. The van der Waals surface area contributed by atoms with E-state index in [4.69, 9.17) is 9.47 Å². The van der Waals surface area contributed by atoms with E-state index >= 15 is 0 Å². The average Bonchev–Trinajstić information content (AvgIpc) is 3.13. The molecule has 0 unspecified atom stereocenters. The third-order valence-corrected chi connectivity index (χ3v) is 4.70. The SMILES string of the molecule is O=C1CC[C@@H](OC(c2ccccc2)(c2ccccc2)c2ccccc2)O1. The number of hydrogen-bond acceptors (Lipinski definition) is 3. The summed E-state index contributed by atoms with van der Waals surface area (Å²) in [6.45, 7) is 0. The zero-order valence-corrected chi connectivity index (χ0v) is 14.4. The van der Waals surface area contributed by atoms with E-state index in [1.807, 2.05) is 54.6 Å². The van der Waals surface area contributed by atoms with E-state index in [-0.39, 0.29) is 5.97 Å². The van der Waals surface area contributed by atoms with Crippen molar-refractivity contribution in [3.63, 3.8) is 0 Å². The molecule has 0 aliphatic carbocycles. The molecule has 1 aliphatic rings. The minimum Gasteiger partial charge on any atom is -0.436 e. The van der Waals surface area contributed by atoms with Crippen LogP contribution in [0.4, 0.5) is 0 Å². The van der Waals surface area contributed by atoms with Crippen LogP contribution in [0.3, 0.4) is 0 Å². The Bertz CT molecular complexity index is 763. The van der Waals surface area contributed by atoms with Crippen LogP contribution in [0, 0.1) is 0 Å². The second kappa shape index (κ2) is 7.14. The molecule has 0 aromatic heterocycles. The Morgan fingerprint density at radius 2 is 1.15 bits per heavy atom. The van der Waals surface area contributed by atoms with Crippen LogP contribution in [0.15, 0.2) is 91.0 Å². The molecule has 1 atom stereocenters. The number of rotatable bonds is 5. The number of hydrogen-bond donors (Lipinski definition) is 0. The lowest BCUT2D eigenvalue weighted by molar-refractivity contribution is -0.182. The maximum atomic E-state index is 11.6. The Morgan fingerprint density at radius 1 is 0.731 bits per heavy atom. The number of carbonyl (C=O) groups excluding carboxylic acids is 1. The molecule has 0 radical (unpaired) electrons. The van der Waals surface area contributed by atoms with Gasteiger partial charge in [-0.25, -0.2) is 0 Å². The molecule has 3 aromatic rings. The van der Waals surface area contributed by atoms with Gasteiger partial charge < -0.3 is 9.47 Å². The van der Waals surface area contributed by atoms with Crippen molar-refractivity contribution in [2.75, 3.05) is 0 Å². The van der Waals surface area contributed by atoms with Crippen LogP contribution in [0.1, 0.15) is 29.5 Å². The molecule has 3 aromatic carbocycles. The van der Waals surface area contributed by atoms with Crippen molar-refractivity contribution < 1.29 is 14.3 Å². The van der Waals surface area contributed by atoms with Gasteiger partial charge in [-0.1, -0.05) is 91.0 Å². The van der Waals surface area contributed by atoms with Gasteiger partial charge in [0.1, 0.15) is 5.60 Å². The Balaban J connectivity index is 1.92. The second-order valence-corrected chi connectivity index (χ2v) is 6.36. The summed E-state index contributed by atoms with van der Waals surface area (Å²) in [5.74, 6) is -0.210. The first kappa shape index (κ1) is 16.6. The molecule has 3 heteroatoms. The minimum absolute atomic E-state index is 0.210. The number of benzene rings is 3. The number of esters is 1. The highest BCUT2D eigenvalue weighted by Crippen LogP contribution is 2.42. The van der Waals surface area contributed by atoms with Gasteiger partial charge in [0.25, 0.3) is 0 Å². The minimum atomic E-state index is -0.848. The molecule has 0 amide bonds. The molecule has 1 aliphatic heterocycles. The van der Waals surface area contributed by atoms with Crippen LogP contribution >= 0.6 is 0 Å². The molecule has 130 valence electrons. The lowest BCUT2D eigenvalue weighted by atomic mass is 9.80. The molecular formula is C23H20O3. The van der Waals surface area contributed by atoms with E-state index in [0.29, 0.717) is 12.8 Å². The summed E-state index contributed by atoms with van der Waals surface area (Å²) in [5, 5.41) is 0. The maximum absolute atomic E-state index is 11.6. The number of carbonyl (C=O) groups is 1. The van der Waals surface area contributed by atoms with Crippen molar-refractivity contribution in [1.82, 2.24) is 0 Å². The molecular weight excluding hydrogens is 324 g/mol. The van der Waals surface area contributed by atoms with Crippen LogP contribution in [0.5, 0.6) is 0 Å². The van der Waals surface area contributed by atoms with Gasteiger partial charge in [-0.05, 0) is 16.7 Å². The van der Waals surface area contributed by atoms with Gasteiger partial charge in [0.05, 0.1) is 6.42 Å². The highest BCUT2D eigenvalue weighted by molar-refractivity contribution is 5.71. The topological polar surface area (TPSA) is 35.5 Å². The number of ether oxygens (including phenoxy) is 2. The quantitative estimate of drug-likeness (QED) is 0.499. The first-order chi connectivity index (χ1) is 12.8. The van der Waals surface area contributed by atoms with Crippen molar-refractivity contribution in [2.45, 2.75) is 24.7 Å². The van der Waals surface area contributed by atoms with Gasteiger partial charge in [0.15, 0.2) is 0 Å². The smallest absolute Gasteiger partial charge is 0.308 e. The van der Waals surface area contributed by atoms with E-state index in [9.17, 15) is 4.79 Å². The molecule has 1 fully saturated rings. The summed E-state index contributed by atoms with van der Waals surface area (Å²) in [4.78, 5) is 11.6. The van der Waals surface area contributed by atoms with E-state index in [0.717, 1.165) is 16.7 Å². The van der Waals surface area contributed by atoms with Crippen molar-refractivity contribution in [3.8, 4) is 0 Å². The lowest BCUT2D eigenvalue weighted by Gasteiger charge is -2.37. The van der Waals surface area contributed by atoms with Crippen molar-refractivity contribution >= 4 is 5.97 Å². The summed E-state index contributed by atoms with van der Waals surface area (Å²) in [7, 11) is 0. The first-order valence-electron chi connectivity index (χ1n) is 8.83. The third-order valence-electron chi connectivity index (χ3n) is 4.70. The van der Waals surface area contributed by atoms with Gasteiger partial charge in [0.2, 0.25) is 6.29 Å². The molecule has 0 saturated carbocycles. The van der Waals surface area contributed by atoms with Crippen LogP contribution in [-0.4, -0.2) is 12.3 Å². The zero-order chi connectivity index (χ0) is 17.8. The fourth-order valence-corrected chi connectivity index (χ4v) is 3.50. The Hall–Kier alpha value is -2.91. The molecule has 0 bridgehead atoms. The third kappa shape index (κ3) is 3.02. The molecule has 4 rings (SSSR count). The molecule has 26 heavy (non-hydrogen) atoms. The largest absolute Gasteiger partial charge is 0.436 e. The monoisotopic (exact) mass is 344 g/mol. The molecule has 3 nitrogen and oxygen atoms in total. The fourth-order valence-electron chi connectivity index (χ4n) is 3.50. The predicted octanol–water partition coefficient (Wildman–Crippen LogP) is 4.66. The zero-order valence-electron chi connectivity index (χ0n) is 14.4. The predicted molar refractivity (Wildman–Crippen MR) is 99.4 cm³/mol. The van der Waals surface area contributed by atoms with Gasteiger partial charge in [-0.3, -0.25) is 4.79 Å². The Morgan fingerprint density at radius 3 is 1.50 bits per heavy atom. The highest BCUT2D eigenvalue weighted by atomic mass is 16.7. The Kier molecular flexibility index (Phi) is 4.55. The normalized spacial score (nSPS) is 17.1. The van der Waals surface area contributed by atoms with E-state index < -0.39 is 11.9 Å². The van der Waals surface area contributed by atoms with Crippen LogP contribution in [0.2, 0.25) is 0 Å². The Labute approximate surface area is 153 Å². The van der Waals surface area contributed by atoms with Gasteiger partial charge >= 0.3 is 5.97 Å². The first-order valence-corrected chi connectivity index (χ1v) is 8.83. The lowest BCUT2D eigenvalue weighted by Crippen LogP contribution is -2.37. The molecule has 1 heterocycles. The fraction of sp³-hybridized carbons (Fsp3) is 0.174. The van der Waals surface area contributed by atoms with Crippen molar-refractivity contribution in [3.05, 3.63) is 108 Å². The molecule has 0 N–H and O–H groups in total. The van der Waals surface area contributed by atoms with Crippen LogP contribution < -0.4 is 0 Å². The maximum Gasteiger partial charge on any atom is 0.308 e. The van der Waals surface area contributed by atoms with Crippen molar-refractivity contribution in [1.29, 1.82) is 0 Å². The van der Waals surface area contributed by atoms with E-state index in [1.54, 1.807) is 0 Å².